The highest BCUT2D eigenvalue weighted by Gasteiger charge is 2.20. The molecule has 5 rings (SSSR count). The number of nitrogens with zero attached hydrogens (tertiary/aromatic N) is 3. The number of hydrogen-bond donors (Lipinski definition) is 2. The Morgan fingerprint density at radius 3 is 2.55 bits per heavy atom. The van der Waals surface area contributed by atoms with Gasteiger partial charge in [0.2, 0.25) is 0 Å². The number of nitrogens with one attached hydrogen (secondary N) is 2. The van der Waals surface area contributed by atoms with Gasteiger partial charge in [-0.3, -0.25) is 14.4 Å². The number of halogens is 1. The van der Waals surface area contributed by atoms with Crippen LogP contribution in [0.1, 0.15) is 15.9 Å². The van der Waals surface area contributed by atoms with Crippen molar-refractivity contribution in [2.75, 3.05) is 48.9 Å². The molecular weight excluding hydrogens is 525 g/mol. The second-order valence-electron chi connectivity index (χ2n) is 9.19. The fraction of sp³-hybridized carbons (Fsp3) is 0.259. The molecule has 11 heteroatoms. The van der Waals surface area contributed by atoms with Gasteiger partial charge >= 0.3 is 0 Å². The number of piperazine rings is 1. The lowest BCUT2D eigenvalue weighted by atomic mass is 10.2. The summed E-state index contributed by atoms with van der Waals surface area (Å²) < 4.78 is 42.2. The number of hydrogen-bond acceptors (Lipinski definition) is 7. The molecule has 0 aliphatic carbocycles. The molecule has 0 atom stereocenters. The molecule has 1 aromatic heterocycles. The number of thiazole rings is 1. The van der Waals surface area contributed by atoms with Gasteiger partial charge in [-0.25, -0.2) is 17.8 Å². The SMILES string of the molecule is Cc1ccc(S(=O)(=O)Nc2cccc(C(=O)NCCN3CCN(c4nc5ccc(F)cc5s4)CC3)c2)cc1. The minimum Gasteiger partial charge on any atom is -0.351 e. The monoisotopic (exact) mass is 553 g/mol. The van der Waals surface area contributed by atoms with Crippen LogP contribution >= 0.6 is 11.3 Å². The molecule has 1 aliphatic rings. The highest BCUT2D eigenvalue weighted by atomic mass is 32.2. The van der Waals surface area contributed by atoms with Crippen LogP contribution < -0.4 is 14.9 Å². The Balaban J connectivity index is 1.10. The van der Waals surface area contributed by atoms with E-state index in [1.165, 1.54) is 29.5 Å². The van der Waals surface area contributed by atoms with Crippen molar-refractivity contribution in [3.8, 4) is 0 Å². The van der Waals surface area contributed by atoms with Crippen LogP contribution in [0, 0.1) is 12.7 Å². The smallest absolute Gasteiger partial charge is 0.261 e. The predicted octanol–water partition coefficient (Wildman–Crippen LogP) is 4.10. The molecule has 1 saturated heterocycles. The first kappa shape index (κ1) is 26.1. The first-order chi connectivity index (χ1) is 18.3. The molecule has 1 fully saturated rings. The largest absolute Gasteiger partial charge is 0.351 e. The highest BCUT2D eigenvalue weighted by molar-refractivity contribution is 7.92. The Morgan fingerprint density at radius 1 is 1.03 bits per heavy atom. The van der Waals surface area contributed by atoms with Crippen molar-refractivity contribution in [1.29, 1.82) is 0 Å². The van der Waals surface area contributed by atoms with Gasteiger partial charge in [0, 0.05) is 50.5 Å². The summed E-state index contributed by atoms with van der Waals surface area (Å²) in [5.41, 5.74) is 2.48. The van der Waals surface area contributed by atoms with Gasteiger partial charge in [0.1, 0.15) is 5.82 Å². The number of benzene rings is 3. The van der Waals surface area contributed by atoms with Crippen molar-refractivity contribution in [3.05, 3.63) is 83.7 Å². The molecule has 0 unspecified atom stereocenters. The first-order valence-electron chi connectivity index (χ1n) is 12.3. The highest BCUT2D eigenvalue weighted by Crippen LogP contribution is 2.29. The van der Waals surface area contributed by atoms with Crippen molar-refractivity contribution in [2.24, 2.45) is 0 Å². The number of aromatic nitrogens is 1. The van der Waals surface area contributed by atoms with Crippen molar-refractivity contribution >= 4 is 48.3 Å². The lowest BCUT2D eigenvalue weighted by Gasteiger charge is -2.34. The molecular formula is C27H28FN5O3S2. The summed E-state index contributed by atoms with van der Waals surface area (Å²) in [4.78, 5) is 22.0. The zero-order valence-corrected chi connectivity index (χ0v) is 22.5. The van der Waals surface area contributed by atoms with Gasteiger partial charge in [0.25, 0.3) is 15.9 Å². The maximum Gasteiger partial charge on any atom is 0.261 e. The van der Waals surface area contributed by atoms with Gasteiger partial charge in [0.15, 0.2) is 5.13 Å². The van der Waals surface area contributed by atoms with Gasteiger partial charge in [-0.05, 0) is 55.5 Å². The van der Waals surface area contributed by atoms with E-state index < -0.39 is 10.0 Å². The summed E-state index contributed by atoms with van der Waals surface area (Å²) in [5, 5.41) is 3.82. The normalized spacial score (nSPS) is 14.5. The van der Waals surface area contributed by atoms with E-state index in [1.807, 2.05) is 6.92 Å². The lowest BCUT2D eigenvalue weighted by Crippen LogP contribution is -2.48. The Labute approximate surface area is 225 Å². The van der Waals surface area contributed by atoms with Crippen molar-refractivity contribution in [3.63, 3.8) is 0 Å². The first-order valence-corrected chi connectivity index (χ1v) is 14.6. The Bertz CT molecular complexity index is 1550. The summed E-state index contributed by atoms with van der Waals surface area (Å²) in [6.07, 6.45) is 0. The van der Waals surface area contributed by atoms with E-state index in [2.05, 4.69) is 24.8 Å². The van der Waals surface area contributed by atoms with Crippen LogP contribution in [0.4, 0.5) is 15.2 Å². The predicted molar refractivity (Wildman–Crippen MR) is 149 cm³/mol. The van der Waals surface area contributed by atoms with Crippen LogP contribution in [0.5, 0.6) is 0 Å². The van der Waals surface area contributed by atoms with Crippen molar-refractivity contribution in [1.82, 2.24) is 15.2 Å². The average molecular weight is 554 g/mol. The number of aryl methyl sites for hydroxylation is 1. The Kier molecular flexibility index (Phi) is 7.59. The van der Waals surface area contributed by atoms with Gasteiger partial charge in [-0.1, -0.05) is 35.1 Å². The van der Waals surface area contributed by atoms with Gasteiger partial charge < -0.3 is 10.2 Å². The lowest BCUT2D eigenvalue weighted by molar-refractivity contribution is 0.0948. The molecule has 3 aromatic carbocycles. The maximum atomic E-state index is 13.5. The number of fused-ring (bicyclic) bond motifs is 1. The van der Waals surface area contributed by atoms with E-state index in [0.29, 0.717) is 24.3 Å². The van der Waals surface area contributed by atoms with Crippen LogP contribution in [-0.4, -0.2) is 63.5 Å². The van der Waals surface area contributed by atoms with Gasteiger partial charge in [0.05, 0.1) is 15.1 Å². The summed E-state index contributed by atoms with van der Waals surface area (Å²) in [6, 6.07) is 17.7. The molecule has 0 spiro atoms. The minimum absolute atomic E-state index is 0.162. The molecule has 2 N–H and O–H groups in total. The summed E-state index contributed by atoms with van der Waals surface area (Å²) >= 11 is 1.50. The third kappa shape index (κ3) is 6.12. The average Bonchev–Trinajstić information content (AvgIpc) is 3.32. The number of anilines is 2. The van der Waals surface area contributed by atoms with Crippen LogP contribution in [0.15, 0.2) is 71.6 Å². The zero-order valence-electron chi connectivity index (χ0n) is 20.9. The molecule has 0 bridgehead atoms. The Hall–Kier alpha value is -3.54. The van der Waals surface area contributed by atoms with Gasteiger partial charge in [-0.2, -0.15) is 0 Å². The fourth-order valence-corrected chi connectivity index (χ4v) is 6.36. The van der Waals surface area contributed by atoms with Crippen LogP contribution in [0.2, 0.25) is 0 Å². The maximum absolute atomic E-state index is 13.5. The quantitative estimate of drug-likeness (QED) is 0.341. The van der Waals surface area contributed by atoms with E-state index in [0.717, 1.165) is 47.1 Å². The zero-order chi connectivity index (χ0) is 26.7. The molecule has 8 nitrogen and oxygen atoms in total. The van der Waals surface area contributed by atoms with Crippen LogP contribution in [0.25, 0.3) is 10.2 Å². The second kappa shape index (κ2) is 11.1. The molecule has 1 aliphatic heterocycles. The topological polar surface area (TPSA) is 94.6 Å². The minimum atomic E-state index is -3.75. The summed E-state index contributed by atoms with van der Waals surface area (Å²) in [6.45, 7) is 6.33. The molecule has 4 aromatic rings. The Morgan fingerprint density at radius 2 is 1.79 bits per heavy atom. The van der Waals surface area contributed by atoms with Gasteiger partial charge in [-0.15, -0.1) is 0 Å². The number of rotatable bonds is 8. The molecule has 1 amide bonds. The van der Waals surface area contributed by atoms with Crippen molar-refractivity contribution < 1.29 is 17.6 Å². The molecule has 0 radical (unpaired) electrons. The molecule has 38 heavy (non-hydrogen) atoms. The van der Waals surface area contributed by atoms with Crippen LogP contribution in [-0.2, 0) is 10.0 Å². The van der Waals surface area contributed by atoms with E-state index >= 15 is 0 Å². The second-order valence-corrected chi connectivity index (χ2v) is 11.9. The summed E-state index contributed by atoms with van der Waals surface area (Å²) in [5.74, 6) is -0.517. The fourth-order valence-electron chi connectivity index (χ4n) is 4.27. The standard InChI is InChI=1S/C27H28FN5O3S2/c1-19-5-8-23(9-6-19)38(35,36)31-22-4-2-3-20(17-22)26(34)29-11-12-32-13-15-33(16-14-32)27-30-24-10-7-21(28)18-25(24)37-27/h2-10,17-18,31H,11-16H2,1H3,(H,29,34). The van der Waals surface area contributed by atoms with Crippen molar-refractivity contribution in [2.45, 2.75) is 11.8 Å². The third-order valence-electron chi connectivity index (χ3n) is 6.40. The number of carbonyl (C=O) groups excluding carboxylic acids is 1. The third-order valence-corrected chi connectivity index (χ3v) is 8.88. The summed E-state index contributed by atoms with van der Waals surface area (Å²) in [7, 11) is -3.75. The number of sulfonamides is 1. The van der Waals surface area contributed by atoms with E-state index in [4.69, 9.17) is 0 Å². The number of amides is 1. The molecule has 2 heterocycles. The van der Waals surface area contributed by atoms with E-state index in [9.17, 15) is 17.6 Å². The van der Waals surface area contributed by atoms with E-state index in [1.54, 1.807) is 48.5 Å². The van der Waals surface area contributed by atoms with Crippen LogP contribution in [0.3, 0.4) is 0 Å². The molecule has 0 saturated carbocycles. The molecule has 198 valence electrons. The number of carbonyl (C=O) groups is 1. The van der Waals surface area contributed by atoms with E-state index in [-0.39, 0.29) is 16.6 Å².